The quantitative estimate of drug-likeness (QED) is 0.559. The Morgan fingerprint density at radius 1 is 1.08 bits per heavy atom. The van der Waals surface area contributed by atoms with E-state index in [1.165, 1.54) is 0 Å². The van der Waals surface area contributed by atoms with Crippen molar-refractivity contribution < 1.29 is 22.2 Å². The fraction of sp³-hybridized carbons (Fsp3) is 0.400. The molecular weight excluding hydrogens is 230 g/mol. The Hall–Kier alpha value is -0.380. The van der Waals surface area contributed by atoms with Crippen LogP contribution in [0, 0.1) is 0 Å². The van der Waals surface area contributed by atoms with Crippen molar-refractivity contribution in [3.63, 3.8) is 0 Å². The zero-order valence-corrected chi connectivity index (χ0v) is 9.66. The molecule has 0 atom stereocenters. The third-order valence-electron chi connectivity index (χ3n) is 2.28. The minimum absolute atomic E-state index is 0. The van der Waals surface area contributed by atoms with Crippen LogP contribution in [-0.2, 0) is 0 Å². The summed E-state index contributed by atoms with van der Waals surface area (Å²) >= 11 is 0. The molecule has 0 aliphatic rings. The van der Waals surface area contributed by atoms with Crippen LogP contribution in [0.1, 0.15) is 13.8 Å². The zero-order chi connectivity index (χ0) is 9.03. The van der Waals surface area contributed by atoms with Crippen LogP contribution in [0.3, 0.4) is 0 Å². The van der Waals surface area contributed by atoms with Crippen LogP contribution in [0.4, 0.5) is 5.69 Å². The van der Waals surface area contributed by atoms with Crippen LogP contribution >= 0.6 is 0 Å². The van der Waals surface area contributed by atoms with Gasteiger partial charge in [-0.15, -0.1) is 0 Å². The van der Waals surface area contributed by atoms with Gasteiger partial charge in [-0.05, 0) is 13.8 Å². The molecule has 0 heterocycles. The van der Waals surface area contributed by atoms with Crippen LogP contribution in [0.5, 0.6) is 0 Å². The van der Waals surface area contributed by atoms with Crippen molar-refractivity contribution in [1.29, 1.82) is 0 Å². The lowest BCUT2D eigenvalue weighted by atomic mass is 10.3. The predicted molar refractivity (Wildman–Crippen MR) is 51.1 cm³/mol. The molecule has 0 saturated heterocycles. The van der Waals surface area contributed by atoms with Gasteiger partial charge in [0, 0.05) is 12.1 Å². The summed E-state index contributed by atoms with van der Waals surface area (Å²) in [6.07, 6.45) is 0. The maximum absolute atomic E-state index is 10.0. The third-order valence-corrected chi connectivity index (χ3v) is 2.28. The van der Waals surface area contributed by atoms with E-state index in [0.717, 1.165) is 5.69 Å². The van der Waals surface area contributed by atoms with Crippen molar-refractivity contribution >= 4 is 5.69 Å². The van der Waals surface area contributed by atoms with Crippen molar-refractivity contribution in [3.05, 3.63) is 30.3 Å². The Kier molecular flexibility index (Phi) is 5.21. The fourth-order valence-corrected chi connectivity index (χ4v) is 1.29. The standard InChI is InChI=1S/C10H16NO.BrH/c1-3-11(12,4-2)10-8-6-5-7-9-10;/h5-9,12H,3-4H2,1-2H3;1H/q+1;/p-1. The van der Waals surface area contributed by atoms with Crippen LogP contribution in [0.2, 0.25) is 0 Å². The van der Waals surface area contributed by atoms with Crippen molar-refractivity contribution in [2.75, 3.05) is 13.1 Å². The van der Waals surface area contributed by atoms with Gasteiger partial charge in [-0.1, -0.05) is 18.2 Å². The minimum atomic E-state index is 0. The molecule has 0 spiro atoms. The Morgan fingerprint density at radius 2 is 1.54 bits per heavy atom. The molecule has 1 rings (SSSR count). The van der Waals surface area contributed by atoms with E-state index in [-0.39, 0.29) is 21.6 Å². The first-order chi connectivity index (χ1) is 5.73. The van der Waals surface area contributed by atoms with Crippen LogP contribution in [0.15, 0.2) is 30.3 Å². The van der Waals surface area contributed by atoms with Gasteiger partial charge in [0.1, 0.15) is 13.1 Å². The van der Waals surface area contributed by atoms with E-state index in [9.17, 15) is 5.21 Å². The van der Waals surface area contributed by atoms with E-state index < -0.39 is 0 Å². The summed E-state index contributed by atoms with van der Waals surface area (Å²) in [5.41, 5.74) is 0.961. The highest BCUT2D eigenvalue weighted by atomic mass is 79.9. The summed E-state index contributed by atoms with van der Waals surface area (Å²) in [7, 11) is 0. The lowest BCUT2D eigenvalue weighted by Crippen LogP contribution is -3.00. The number of para-hydroxylation sites is 1. The van der Waals surface area contributed by atoms with E-state index >= 15 is 0 Å². The lowest BCUT2D eigenvalue weighted by Gasteiger charge is -2.26. The molecule has 0 radical (unpaired) electrons. The number of hydrogen-bond acceptors (Lipinski definition) is 1. The van der Waals surface area contributed by atoms with Gasteiger partial charge in [0.2, 0.25) is 0 Å². The first-order valence-electron chi connectivity index (χ1n) is 4.38. The monoisotopic (exact) mass is 245 g/mol. The summed E-state index contributed by atoms with van der Waals surface area (Å²) in [6.45, 7) is 5.38. The molecule has 0 aliphatic heterocycles. The van der Waals surface area contributed by atoms with Crippen molar-refractivity contribution in [2.45, 2.75) is 13.8 Å². The number of quaternary nitrogens is 1. The normalized spacial score (nSPS) is 10.7. The average molecular weight is 246 g/mol. The van der Waals surface area contributed by atoms with E-state index in [2.05, 4.69) is 0 Å². The maximum Gasteiger partial charge on any atom is 0.165 e. The number of hydrogen-bond donors (Lipinski definition) is 1. The summed E-state index contributed by atoms with van der Waals surface area (Å²) < 4.78 is 0.0286. The number of nitrogens with zero attached hydrogens (tertiary/aromatic N) is 1. The van der Waals surface area contributed by atoms with Gasteiger partial charge in [0.15, 0.2) is 5.69 Å². The second-order valence-corrected chi connectivity index (χ2v) is 2.89. The molecule has 1 N–H and O–H groups in total. The first kappa shape index (κ1) is 12.6. The Balaban J connectivity index is 0.00000144. The summed E-state index contributed by atoms with van der Waals surface area (Å²) in [5.74, 6) is 0. The maximum atomic E-state index is 10.0. The molecule has 3 heteroatoms. The van der Waals surface area contributed by atoms with E-state index in [0.29, 0.717) is 13.1 Å². The number of hydroxylamine groups is 2. The van der Waals surface area contributed by atoms with Gasteiger partial charge in [-0.25, -0.2) is 5.21 Å². The molecule has 13 heavy (non-hydrogen) atoms. The van der Waals surface area contributed by atoms with Crippen molar-refractivity contribution in [3.8, 4) is 0 Å². The summed E-state index contributed by atoms with van der Waals surface area (Å²) in [5, 5.41) is 10.0. The number of halogens is 1. The SMILES string of the molecule is CC[N+](O)(CC)c1ccccc1.[Br-]. The highest BCUT2D eigenvalue weighted by Gasteiger charge is 2.23. The topological polar surface area (TPSA) is 20.2 Å². The minimum Gasteiger partial charge on any atom is -1.00 e. The highest BCUT2D eigenvalue weighted by molar-refractivity contribution is 5.39. The zero-order valence-electron chi connectivity index (χ0n) is 8.07. The third kappa shape index (κ3) is 2.79. The predicted octanol–water partition coefficient (Wildman–Crippen LogP) is -0.573. The van der Waals surface area contributed by atoms with E-state index in [1.54, 1.807) is 0 Å². The van der Waals surface area contributed by atoms with Crippen LogP contribution < -0.4 is 21.6 Å². The number of benzene rings is 1. The molecule has 0 unspecified atom stereocenters. The van der Waals surface area contributed by atoms with E-state index in [1.807, 2.05) is 44.2 Å². The van der Waals surface area contributed by atoms with Gasteiger partial charge in [0.05, 0.1) is 0 Å². The van der Waals surface area contributed by atoms with Gasteiger partial charge in [-0.3, -0.25) is 0 Å². The summed E-state index contributed by atoms with van der Waals surface area (Å²) in [4.78, 5) is 0. The molecule has 0 aliphatic carbocycles. The van der Waals surface area contributed by atoms with Gasteiger partial charge < -0.3 is 17.0 Å². The second kappa shape index (κ2) is 5.37. The smallest absolute Gasteiger partial charge is 0.165 e. The fourth-order valence-electron chi connectivity index (χ4n) is 1.29. The average Bonchev–Trinajstić information content (AvgIpc) is 2.18. The van der Waals surface area contributed by atoms with Crippen LogP contribution in [0.25, 0.3) is 0 Å². The first-order valence-corrected chi connectivity index (χ1v) is 4.38. The molecular formula is C10H16BrNO. The van der Waals surface area contributed by atoms with Crippen LogP contribution in [-0.4, -0.2) is 18.3 Å². The molecule has 74 valence electrons. The largest absolute Gasteiger partial charge is 1.00 e. The Labute approximate surface area is 90.1 Å². The molecule has 0 aromatic heterocycles. The lowest BCUT2D eigenvalue weighted by molar-refractivity contribution is -0.0709. The van der Waals surface area contributed by atoms with E-state index in [4.69, 9.17) is 0 Å². The molecule has 0 amide bonds. The highest BCUT2D eigenvalue weighted by Crippen LogP contribution is 2.18. The molecule has 2 nitrogen and oxygen atoms in total. The van der Waals surface area contributed by atoms with Crippen molar-refractivity contribution in [1.82, 2.24) is 4.65 Å². The summed E-state index contributed by atoms with van der Waals surface area (Å²) in [6, 6.07) is 9.76. The second-order valence-electron chi connectivity index (χ2n) is 2.89. The number of rotatable bonds is 3. The van der Waals surface area contributed by atoms with Gasteiger partial charge in [0.25, 0.3) is 0 Å². The molecule has 0 bridgehead atoms. The Bertz CT molecular complexity index is 234. The Morgan fingerprint density at radius 3 is 1.92 bits per heavy atom. The molecule has 1 aromatic rings. The van der Waals surface area contributed by atoms with Gasteiger partial charge in [-0.2, -0.15) is 4.65 Å². The van der Waals surface area contributed by atoms with Crippen molar-refractivity contribution in [2.24, 2.45) is 0 Å². The molecule has 0 saturated carbocycles. The van der Waals surface area contributed by atoms with Gasteiger partial charge >= 0.3 is 0 Å². The molecule has 0 fully saturated rings. The molecule has 1 aromatic carbocycles.